The number of carbonyl (C=O) groups excluding carboxylic acids is 3. The summed E-state index contributed by atoms with van der Waals surface area (Å²) in [6, 6.07) is 52.8. The average Bonchev–Trinajstić information content (AvgIpc) is 4.07. The Labute approximate surface area is 468 Å². The number of ketones is 1. The summed E-state index contributed by atoms with van der Waals surface area (Å²) in [6.45, 7) is 0. The minimum absolute atomic E-state index is 0.227. The van der Waals surface area contributed by atoms with Crippen LogP contribution in [0, 0.1) is 0 Å². The normalized spacial score (nSPS) is 12.3. The third-order valence-corrected chi connectivity index (χ3v) is 15.9. The zero-order valence-corrected chi connectivity index (χ0v) is 45.6. The predicted molar refractivity (Wildman–Crippen MR) is 321 cm³/mol. The van der Waals surface area contributed by atoms with E-state index in [0.717, 1.165) is 76.3 Å². The number of fused-ring (bicyclic) bond motifs is 13. The van der Waals surface area contributed by atoms with Crippen LogP contribution in [0.3, 0.4) is 0 Å². The number of azo groups is 2. The average molecular weight is 1090 g/mol. The molecular weight excluding hydrogens is 1040 g/mol. The highest BCUT2D eigenvalue weighted by Crippen LogP contribution is 2.49. The van der Waals surface area contributed by atoms with Gasteiger partial charge in [-0.15, -0.1) is 10.2 Å². The van der Waals surface area contributed by atoms with Crippen LogP contribution in [0.2, 0.25) is 10.0 Å². The maximum Gasteiger partial charge on any atom is 0.261 e. The summed E-state index contributed by atoms with van der Waals surface area (Å²) in [6.07, 6.45) is 0. The van der Waals surface area contributed by atoms with E-state index in [1.165, 1.54) is 14.2 Å². The lowest BCUT2D eigenvalue weighted by Crippen LogP contribution is -2.26. The molecule has 10 aromatic carbocycles. The van der Waals surface area contributed by atoms with Crippen LogP contribution in [-0.2, 0) is 14.1 Å². The van der Waals surface area contributed by atoms with Gasteiger partial charge in [-0.2, -0.15) is 10.2 Å². The number of aromatic nitrogens is 2. The summed E-state index contributed by atoms with van der Waals surface area (Å²) in [7, 11) is 10.4. The third-order valence-electron chi connectivity index (χ3n) is 15.4. The fourth-order valence-corrected chi connectivity index (χ4v) is 11.8. The highest BCUT2D eigenvalue weighted by atomic mass is 35.5. The van der Waals surface area contributed by atoms with Crippen LogP contribution in [0.5, 0.6) is 11.5 Å². The second-order valence-corrected chi connectivity index (χ2v) is 20.6. The third kappa shape index (κ3) is 7.87. The van der Waals surface area contributed by atoms with Crippen molar-refractivity contribution in [1.29, 1.82) is 0 Å². The van der Waals surface area contributed by atoms with Gasteiger partial charge in [0, 0.05) is 104 Å². The Morgan fingerprint density at radius 3 is 1.27 bits per heavy atom. The lowest BCUT2D eigenvalue weighted by Gasteiger charge is -2.20. The van der Waals surface area contributed by atoms with Gasteiger partial charge in [0.25, 0.3) is 11.8 Å². The van der Waals surface area contributed by atoms with Gasteiger partial charge in [-0.1, -0.05) is 96.0 Å². The van der Waals surface area contributed by atoms with Gasteiger partial charge < -0.3 is 28.4 Å². The van der Waals surface area contributed by atoms with Crippen molar-refractivity contribution in [3.05, 3.63) is 202 Å². The van der Waals surface area contributed by atoms with E-state index in [1.807, 2.05) is 172 Å². The van der Waals surface area contributed by atoms with Crippen molar-refractivity contribution in [1.82, 2.24) is 9.13 Å². The summed E-state index contributed by atoms with van der Waals surface area (Å²) in [5.74, 6) is -0.344. The molecule has 2 heterocycles. The quantitative estimate of drug-likeness (QED) is 0.126. The van der Waals surface area contributed by atoms with Gasteiger partial charge in [-0.05, 0) is 119 Å². The number of hydrogen-bond donors (Lipinski definition) is 0. The molecule has 80 heavy (non-hydrogen) atoms. The number of anilines is 2. The van der Waals surface area contributed by atoms with Crippen molar-refractivity contribution in [3.8, 4) is 22.6 Å². The van der Waals surface area contributed by atoms with Crippen molar-refractivity contribution in [2.75, 3.05) is 38.1 Å². The zero-order chi connectivity index (χ0) is 55.2. The summed E-state index contributed by atoms with van der Waals surface area (Å²) in [5, 5.41) is 27.4. The van der Waals surface area contributed by atoms with Gasteiger partial charge >= 0.3 is 0 Å². The van der Waals surface area contributed by atoms with Crippen molar-refractivity contribution in [2.45, 2.75) is 0 Å². The topological polar surface area (TPSA) is 135 Å². The number of carbonyl (C=O) groups is 3. The van der Waals surface area contributed by atoms with E-state index in [9.17, 15) is 14.4 Å². The molecule has 1 aliphatic carbocycles. The Bertz CT molecular complexity index is 4430. The number of hydrogen-bond acceptors (Lipinski definition) is 9. The number of ether oxygens (including phenoxy) is 2. The molecule has 0 fully saturated rings. The Kier molecular flexibility index (Phi) is 12.1. The summed E-state index contributed by atoms with van der Waals surface area (Å²) < 4.78 is 16.4. The van der Waals surface area contributed by atoms with Gasteiger partial charge in [0.2, 0.25) is 0 Å². The van der Waals surface area contributed by atoms with Crippen molar-refractivity contribution in [2.24, 2.45) is 34.6 Å². The van der Waals surface area contributed by atoms with Crippen LogP contribution in [-0.4, -0.2) is 55.0 Å². The molecule has 13 rings (SSSR count). The summed E-state index contributed by atoms with van der Waals surface area (Å²) in [4.78, 5) is 46.7. The van der Waals surface area contributed by atoms with E-state index in [4.69, 9.17) is 53.1 Å². The lowest BCUT2D eigenvalue weighted by atomic mass is 9.99. The molecule has 0 radical (unpaired) electrons. The fourth-order valence-electron chi connectivity index (χ4n) is 11.5. The van der Waals surface area contributed by atoms with E-state index in [1.54, 1.807) is 36.0 Å². The van der Waals surface area contributed by atoms with Gasteiger partial charge in [0.05, 0.1) is 47.8 Å². The predicted octanol–water partition coefficient (Wildman–Crippen LogP) is 17.2. The Morgan fingerprint density at radius 1 is 0.463 bits per heavy atom. The first-order valence-electron chi connectivity index (χ1n) is 25.6. The number of benzene rings is 10. The molecule has 0 bridgehead atoms. The molecule has 12 aromatic rings. The molecule has 390 valence electrons. The molecule has 0 aliphatic heterocycles. The molecule has 13 nitrogen and oxygen atoms in total. The maximum absolute atomic E-state index is 14.6. The Balaban J connectivity index is 0.900. The largest absolute Gasteiger partial charge is 0.494 e. The van der Waals surface area contributed by atoms with Crippen LogP contribution in [0.15, 0.2) is 190 Å². The highest BCUT2D eigenvalue weighted by molar-refractivity contribution is 6.33. The minimum Gasteiger partial charge on any atom is -0.494 e. The number of rotatable bonds is 10. The molecule has 0 saturated carbocycles. The molecule has 0 saturated heterocycles. The first-order valence-corrected chi connectivity index (χ1v) is 26.3. The summed E-state index contributed by atoms with van der Waals surface area (Å²) in [5.41, 5.74) is 9.43. The van der Waals surface area contributed by atoms with E-state index in [-0.39, 0.29) is 29.1 Å². The minimum atomic E-state index is -0.300. The Hall–Kier alpha value is -9.69. The van der Waals surface area contributed by atoms with Crippen molar-refractivity contribution in [3.63, 3.8) is 0 Å². The van der Waals surface area contributed by atoms with Crippen LogP contribution >= 0.6 is 23.2 Å². The lowest BCUT2D eigenvalue weighted by molar-refractivity contribution is 0.0982. The van der Waals surface area contributed by atoms with Crippen molar-refractivity contribution >= 4 is 140 Å². The second kappa shape index (κ2) is 19.3. The molecule has 0 spiro atoms. The van der Waals surface area contributed by atoms with Gasteiger partial charge in [-0.3, -0.25) is 14.4 Å². The smallest absolute Gasteiger partial charge is 0.261 e. The van der Waals surface area contributed by atoms with E-state index >= 15 is 0 Å². The first kappa shape index (κ1) is 49.9. The molecule has 0 unspecified atom stereocenters. The van der Waals surface area contributed by atoms with Gasteiger partial charge in [0.1, 0.15) is 11.4 Å². The molecule has 0 N–H and O–H groups in total. The Morgan fingerprint density at radius 2 is 0.875 bits per heavy atom. The van der Waals surface area contributed by atoms with Crippen LogP contribution < -0.4 is 19.3 Å². The van der Waals surface area contributed by atoms with Gasteiger partial charge in [0.15, 0.2) is 17.3 Å². The number of methoxy groups -OCH3 is 2. The zero-order valence-electron chi connectivity index (χ0n) is 44.0. The van der Waals surface area contributed by atoms with Crippen LogP contribution in [0.25, 0.3) is 76.3 Å². The van der Waals surface area contributed by atoms with Crippen molar-refractivity contribution < 1.29 is 23.9 Å². The SMILES string of the molecule is COc1c(C(=O)N(C)c2ccccc2)cc2ccc3c4cc(Cl)ccc4n(C)c3c2c1N=Nc1ccc2c(c1)C(=O)c1cc(N=Nc3c(OC)c(C(=O)N(C)c4ccccc4)cc4ccc5c6cc(Cl)ccc6n(C)c5c34)ccc1-2. The van der Waals surface area contributed by atoms with Crippen LogP contribution in [0.1, 0.15) is 36.6 Å². The van der Waals surface area contributed by atoms with E-state index in [2.05, 4.69) is 9.13 Å². The van der Waals surface area contributed by atoms with Gasteiger partial charge in [-0.25, -0.2) is 0 Å². The molecular formula is C65H46Cl2N8O5. The standard InChI is InChI=1S/C65H46Cl2N8O5/c1-72(41-13-9-7-10-14-41)64(77)51-29-35-17-23-45-47-31-37(66)19-27-53(47)74(3)59(45)55(35)57(62(51)79-5)70-68-39-21-25-43-44-26-22-40(34-50(44)61(76)49(43)33-39)69-71-58-56-36(18-24-46-48-32-38(67)20-28-54(48)75(4)60(46)56)30-52(63(58)80-6)65(78)73(2)42-15-11-8-12-16-42/h7-34H,1-6H3. The fraction of sp³-hybridized carbons (Fsp3) is 0.0923. The second-order valence-electron chi connectivity index (χ2n) is 19.8. The van der Waals surface area contributed by atoms with Crippen LogP contribution in [0.4, 0.5) is 34.1 Å². The van der Waals surface area contributed by atoms with E-state index < -0.39 is 0 Å². The maximum atomic E-state index is 14.6. The first-order chi connectivity index (χ1) is 38.8. The molecule has 1 aliphatic rings. The monoisotopic (exact) mass is 1090 g/mol. The van der Waals surface area contributed by atoms with E-state index in [0.29, 0.717) is 66.4 Å². The summed E-state index contributed by atoms with van der Waals surface area (Å²) >= 11 is 13.1. The number of nitrogens with zero attached hydrogens (tertiary/aromatic N) is 8. The number of halogens is 2. The molecule has 0 atom stereocenters. The molecule has 2 aromatic heterocycles. The number of aryl methyl sites for hydroxylation is 2. The molecule has 2 amide bonds. The number of para-hydroxylation sites is 2. The number of amides is 2. The highest BCUT2D eigenvalue weighted by Gasteiger charge is 2.30. The molecule has 15 heteroatoms.